The Labute approximate surface area is 260 Å². The van der Waals surface area contributed by atoms with Crippen LogP contribution in [0.15, 0.2) is 66.7 Å². The van der Waals surface area contributed by atoms with Crippen molar-refractivity contribution in [2.24, 2.45) is 0 Å². The molecule has 3 aromatic carbocycles. The molecule has 0 aromatic heterocycles. The van der Waals surface area contributed by atoms with E-state index >= 15 is 0 Å². The van der Waals surface area contributed by atoms with E-state index < -0.39 is 60.1 Å². The van der Waals surface area contributed by atoms with Crippen molar-refractivity contribution in [1.82, 2.24) is 0 Å². The van der Waals surface area contributed by atoms with Crippen molar-refractivity contribution in [2.45, 2.75) is 90.1 Å². The second-order valence-corrected chi connectivity index (χ2v) is 13.5. The largest absolute Gasteiger partial charge is 0.494 e. The molecule has 0 unspecified atom stereocenters. The second-order valence-electron chi connectivity index (χ2n) is 13.5. The van der Waals surface area contributed by atoms with Gasteiger partial charge in [-0.1, -0.05) is 24.3 Å². The SMILES string of the molecule is CC1(C)OB(c2ccc(N(c3ccc(B4OC(C)(C)C(C)(C)O4)cc3)c3cc(C(F)(F)F)cc(C(F)(F)F)c3)cc2)OC1(C)C. The fourth-order valence-electron chi connectivity index (χ4n) is 5.03. The summed E-state index contributed by atoms with van der Waals surface area (Å²) in [6.07, 6.45) is -10.0. The molecule has 0 radical (unpaired) electrons. The summed E-state index contributed by atoms with van der Waals surface area (Å²) in [5, 5.41) is 0. The van der Waals surface area contributed by atoms with Crippen molar-refractivity contribution in [2.75, 3.05) is 4.90 Å². The van der Waals surface area contributed by atoms with Gasteiger partial charge in [0.15, 0.2) is 0 Å². The minimum Gasteiger partial charge on any atom is -0.399 e. The van der Waals surface area contributed by atoms with Gasteiger partial charge in [0.1, 0.15) is 0 Å². The third-order valence-electron chi connectivity index (χ3n) is 9.18. The first kappa shape index (κ1) is 33.4. The molecule has 5 nitrogen and oxygen atoms in total. The number of benzene rings is 3. The summed E-state index contributed by atoms with van der Waals surface area (Å²) < 4.78 is 108. The van der Waals surface area contributed by atoms with Crippen LogP contribution in [0.5, 0.6) is 0 Å². The van der Waals surface area contributed by atoms with E-state index in [1.54, 1.807) is 48.5 Å². The zero-order valence-corrected chi connectivity index (χ0v) is 26.4. The molecule has 0 spiro atoms. The molecule has 5 rings (SSSR count). The number of hydrogen-bond donors (Lipinski definition) is 0. The van der Waals surface area contributed by atoms with Gasteiger partial charge in [0, 0.05) is 17.1 Å². The lowest BCUT2D eigenvalue weighted by atomic mass is 9.79. The zero-order valence-electron chi connectivity index (χ0n) is 26.4. The molecule has 2 saturated heterocycles. The van der Waals surface area contributed by atoms with E-state index in [0.717, 1.165) is 0 Å². The molecule has 0 atom stereocenters. The molecule has 13 heteroatoms. The molecule has 2 fully saturated rings. The van der Waals surface area contributed by atoms with Gasteiger partial charge in [-0.2, -0.15) is 26.3 Å². The Morgan fingerprint density at radius 3 is 1.02 bits per heavy atom. The van der Waals surface area contributed by atoms with Crippen molar-refractivity contribution in [3.05, 3.63) is 77.9 Å². The molecule has 0 aliphatic carbocycles. The fourth-order valence-corrected chi connectivity index (χ4v) is 5.03. The predicted molar refractivity (Wildman–Crippen MR) is 163 cm³/mol. The molecule has 2 aliphatic heterocycles. The summed E-state index contributed by atoms with van der Waals surface area (Å²) in [4.78, 5) is 1.34. The molecule has 240 valence electrons. The first-order valence-electron chi connectivity index (χ1n) is 14.5. The van der Waals surface area contributed by atoms with Crippen molar-refractivity contribution in [1.29, 1.82) is 0 Å². The van der Waals surface area contributed by atoms with E-state index in [4.69, 9.17) is 18.6 Å². The van der Waals surface area contributed by atoms with Gasteiger partial charge in [0.25, 0.3) is 0 Å². The summed E-state index contributed by atoms with van der Waals surface area (Å²) in [6.45, 7) is 15.2. The van der Waals surface area contributed by atoms with Gasteiger partial charge in [-0.15, -0.1) is 0 Å². The minimum absolute atomic E-state index is 0.115. The molecular formula is C32H35B2F6NO4. The number of nitrogens with zero attached hydrogens (tertiary/aromatic N) is 1. The molecule has 45 heavy (non-hydrogen) atoms. The van der Waals surface area contributed by atoms with E-state index in [1.807, 2.05) is 55.4 Å². The van der Waals surface area contributed by atoms with Gasteiger partial charge in [-0.05, 0) is 109 Å². The third kappa shape index (κ3) is 6.37. The fraction of sp³-hybridized carbons (Fsp3) is 0.438. The Morgan fingerprint density at radius 1 is 0.467 bits per heavy atom. The molecule has 0 bridgehead atoms. The average molecular weight is 633 g/mol. The quantitative estimate of drug-likeness (QED) is 0.212. The van der Waals surface area contributed by atoms with Crippen LogP contribution in [0.3, 0.4) is 0 Å². The number of hydrogen-bond acceptors (Lipinski definition) is 5. The maximum absolute atomic E-state index is 13.9. The standard InChI is InChI=1S/C32H35B2F6NO4/c1-27(2)28(3,4)43-33(42-27)22-9-13-24(14-10-22)41(26-18-20(31(35,36)37)17-21(19-26)32(38,39)40)25-15-11-23(12-16-25)34-44-29(5,6)30(7,8)45-34/h9-19H,1-8H3. The molecule has 3 aromatic rings. The Bertz CT molecular complexity index is 1410. The summed E-state index contributed by atoms with van der Waals surface area (Å²) in [5.41, 5.74) is -3.62. The molecule has 0 N–H and O–H groups in total. The van der Waals surface area contributed by atoms with E-state index in [9.17, 15) is 26.3 Å². The van der Waals surface area contributed by atoms with E-state index in [1.165, 1.54) is 4.90 Å². The molecule has 0 amide bonds. The lowest BCUT2D eigenvalue weighted by Gasteiger charge is -2.32. The summed E-state index contributed by atoms with van der Waals surface area (Å²) in [5.74, 6) is 0. The lowest BCUT2D eigenvalue weighted by molar-refractivity contribution is -0.143. The predicted octanol–water partition coefficient (Wildman–Crippen LogP) is 7.79. The lowest BCUT2D eigenvalue weighted by Crippen LogP contribution is -2.41. The van der Waals surface area contributed by atoms with Crippen LogP contribution in [0.4, 0.5) is 43.4 Å². The zero-order chi connectivity index (χ0) is 33.4. The summed E-state index contributed by atoms with van der Waals surface area (Å²) in [6, 6.07) is 14.7. The van der Waals surface area contributed by atoms with Gasteiger partial charge in [0.2, 0.25) is 0 Å². The third-order valence-corrected chi connectivity index (χ3v) is 9.18. The summed E-state index contributed by atoms with van der Waals surface area (Å²) in [7, 11) is -1.41. The summed E-state index contributed by atoms with van der Waals surface area (Å²) >= 11 is 0. The Kier molecular flexibility index (Phi) is 8.00. The average Bonchev–Trinajstić information content (AvgIpc) is 3.28. The Balaban J connectivity index is 1.58. The Morgan fingerprint density at radius 2 is 0.756 bits per heavy atom. The van der Waals surface area contributed by atoms with Crippen LogP contribution in [0.25, 0.3) is 0 Å². The highest BCUT2D eigenvalue weighted by molar-refractivity contribution is 6.62. The normalized spacial score (nSPS) is 20.5. The van der Waals surface area contributed by atoms with Gasteiger partial charge in [-0.25, -0.2) is 0 Å². The highest BCUT2D eigenvalue weighted by Crippen LogP contribution is 2.43. The topological polar surface area (TPSA) is 40.2 Å². The first-order chi connectivity index (χ1) is 20.5. The first-order valence-corrected chi connectivity index (χ1v) is 14.5. The van der Waals surface area contributed by atoms with Crippen molar-refractivity contribution in [3.8, 4) is 0 Å². The van der Waals surface area contributed by atoms with Gasteiger partial charge < -0.3 is 23.5 Å². The van der Waals surface area contributed by atoms with Crippen LogP contribution in [-0.2, 0) is 31.0 Å². The van der Waals surface area contributed by atoms with E-state index in [2.05, 4.69) is 0 Å². The monoisotopic (exact) mass is 633 g/mol. The van der Waals surface area contributed by atoms with Crippen molar-refractivity contribution < 1.29 is 45.0 Å². The Hall–Kier alpha value is -2.99. The van der Waals surface area contributed by atoms with Crippen LogP contribution >= 0.6 is 0 Å². The van der Waals surface area contributed by atoms with Crippen LogP contribution in [-0.4, -0.2) is 36.6 Å². The molecule has 2 aliphatic rings. The van der Waals surface area contributed by atoms with Crippen LogP contribution in [0.2, 0.25) is 0 Å². The highest BCUT2D eigenvalue weighted by atomic mass is 19.4. The molecular weight excluding hydrogens is 598 g/mol. The van der Waals surface area contributed by atoms with E-state index in [-0.39, 0.29) is 11.8 Å². The number of rotatable bonds is 5. The van der Waals surface area contributed by atoms with Gasteiger partial charge >= 0.3 is 26.6 Å². The number of halogens is 6. The maximum Gasteiger partial charge on any atom is 0.494 e. The highest BCUT2D eigenvalue weighted by Gasteiger charge is 2.52. The van der Waals surface area contributed by atoms with Gasteiger partial charge in [0.05, 0.1) is 33.5 Å². The van der Waals surface area contributed by atoms with E-state index in [0.29, 0.717) is 34.4 Å². The number of anilines is 3. The van der Waals surface area contributed by atoms with Crippen LogP contribution < -0.4 is 15.8 Å². The van der Waals surface area contributed by atoms with Crippen molar-refractivity contribution in [3.63, 3.8) is 0 Å². The molecule has 2 heterocycles. The van der Waals surface area contributed by atoms with Crippen LogP contribution in [0, 0.1) is 0 Å². The molecule has 0 saturated carbocycles. The van der Waals surface area contributed by atoms with Crippen molar-refractivity contribution >= 4 is 42.2 Å². The second kappa shape index (κ2) is 10.8. The van der Waals surface area contributed by atoms with Crippen LogP contribution in [0.1, 0.15) is 66.5 Å². The smallest absolute Gasteiger partial charge is 0.399 e. The maximum atomic E-state index is 13.9. The minimum atomic E-state index is -5.01. The van der Waals surface area contributed by atoms with Gasteiger partial charge in [-0.3, -0.25) is 0 Å². The number of alkyl halides is 6.